The fourth-order valence-electron chi connectivity index (χ4n) is 3.02. The van der Waals surface area contributed by atoms with Crippen LogP contribution in [0.3, 0.4) is 0 Å². The molecule has 1 atom stereocenters. The Hall–Kier alpha value is -1.55. The molecule has 1 aromatic rings. The normalized spacial score (nSPS) is 22.2. The van der Waals surface area contributed by atoms with E-state index in [-0.39, 0.29) is 12.0 Å². The number of hydrogen-bond acceptors (Lipinski definition) is 3. The molecule has 0 radical (unpaired) electrons. The minimum Gasteiger partial charge on any atom is -0.497 e. The van der Waals surface area contributed by atoms with Gasteiger partial charge in [-0.3, -0.25) is 4.79 Å². The first-order valence-electron chi connectivity index (χ1n) is 7.34. The minimum absolute atomic E-state index is 0.169. The van der Waals surface area contributed by atoms with Crippen molar-refractivity contribution < 1.29 is 14.3 Å². The molecule has 2 aliphatic rings. The van der Waals surface area contributed by atoms with Gasteiger partial charge in [0.1, 0.15) is 11.9 Å². The average molecular weight is 275 g/mol. The summed E-state index contributed by atoms with van der Waals surface area (Å²) < 4.78 is 10.8. The molecule has 4 heteroatoms. The van der Waals surface area contributed by atoms with Crippen LogP contribution < -0.4 is 4.74 Å². The third-order valence-corrected chi connectivity index (χ3v) is 4.23. The standard InChI is InChI=1S/C16H21NO3/c1-19-14-5-4-12-6-8-17(9-7-13(12)11-14)16(18)15-3-2-10-20-15/h4-5,11,15H,2-3,6-10H2,1H3. The fourth-order valence-corrected chi connectivity index (χ4v) is 3.02. The van der Waals surface area contributed by atoms with Crippen molar-refractivity contribution in [3.63, 3.8) is 0 Å². The fraction of sp³-hybridized carbons (Fsp3) is 0.562. The first-order chi connectivity index (χ1) is 9.78. The van der Waals surface area contributed by atoms with E-state index in [2.05, 4.69) is 12.1 Å². The maximum Gasteiger partial charge on any atom is 0.251 e. The molecule has 20 heavy (non-hydrogen) atoms. The molecule has 1 unspecified atom stereocenters. The van der Waals surface area contributed by atoms with Crippen LogP contribution in [0, 0.1) is 0 Å². The molecule has 1 amide bonds. The largest absolute Gasteiger partial charge is 0.497 e. The van der Waals surface area contributed by atoms with Crippen LogP contribution in [-0.4, -0.2) is 43.7 Å². The lowest BCUT2D eigenvalue weighted by atomic mass is 10.0. The Morgan fingerprint density at radius 3 is 2.80 bits per heavy atom. The van der Waals surface area contributed by atoms with Crippen molar-refractivity contribution in [1.29, 1.82) is 0 Å². The van der Waals surface area contributed by atoms with E-state index < -0.39 is 0 Å². The van der Waals surface area contributed by atoms with Crippen molar-refractivity contribution in [3.05, 3.63) is 29.3 Å². The number of fused-ring (bicyclic) bond motifs is 1. The maximum absolute atomic E-state index is 12.4. The lowest BCUT2D eigenvalue weighted by Gasteiger charge is -2.23. The second-order valence-corrected chi connectivity index (χ2v) is 5.46. The zero-order valence-electron chi connectivity index (χ0n) is 11.9. The second-order valence-electron chi connectivity index (χ2n) is 5.46. The van der Waals surface area contributed by atoms with Gasteiger partial charge in [-0.2, -0.15) is 0 Å². The van der Waals surface area contributed by atoms with Crippen LogP contribution in [0.25, 0.3) is 0 Å². The molecular weight excluding hydrogens is 254 g/mol. The van der Waals surface area contributed by atoms with Gasteiger partial charge in [0.15, 0.2) is 0 Å². The third kappa shape index (κ3) is 2.66. The van der Waals surface area contributed by atoms with Crippen molar-refractivity contribution in [2.45, 2.75) is 31.8 Å². The summed E-state index contributed by atoms with van der Waals surface area (Å²) in [5.74, 6) is 1.06. The number of amides is 1. The number of carbonyl (C=O) groups is 1. The highest BCUT2D eigenvalue weighted by Crippen LogP contribution is 2.23. The molecule has 1 fully saturated rings. The summed E-state index contributed by atoms with van der Waals surface area (Å²) in [6.07, 6.45) is 3.48. The summed E-state index contributed by atoms with van der Waals surface area (Å²) in [6.45, 7) is 2.29. The first-order valence-corrected chi connectivity index (χ1v) is 7.34. The van der Waals surface area contributed by atoms with E-state index in [9.17, 15) is 4.79 Å². The van der Waals surface area contributed by atoms with Crippen LogP contribution in [0.1, 0.15) is 24.0 Å². The van der Waals surface area contributed by atoms with Crippen LogP contribution in [0.15, 0.2) is 18.2 Å². The lowest BCUT2D eigenvalue weighted by Crippen LogP contribution is -2.40. The van der Waals surface area contributed by atoms with Crippen molar-refractivity contribution in [3.8, 4) is 5.75 Å². The Bertz CT molecular complexity index is 494. The van der Waals surface area contributed by atoms with Gasteiger partial charge in [-0.15, -0.1) is 0 Å². The molecule has 1 saturated heterocycles. The van der Waals surface area contributed by atoms with Gasteiger partial charge in [0.25, 0.3) is 5.91 Å². The summed E-state index contributed by atoms with van der Waals surface area (Å²) in [6, 6.07) is 6.21. The number of nitrogens with zero attached hydrogens (tertiary/aromatic N) is 1. The van der Waals surface area contributed by atoms with Gasteiger partial charge in [0, 0.05) is 19.7 Å². The van der Waals surface area contributed by atoms with Crippen LogP contribution in [0.5, 0.6) is 5.75 Å². The van der Waals surface area contributed by atoms with Crippen LogP contribution in [-0.2, 0) is 22.4 Å². The van der Waals surface area contributed by atoms with Gasteiger partial charge in [0.05, 0.1) is 7.11 Å². The predicted molar refractivity (Wildman–Crippen MR) is 76.0 cm³/mol. The van der Waals surface area contributed by atoms with E-state index in [1.54, 1.807) is 7.11 Å². The molecule has 0 N–H and O–H groups in total. The first kappa shape index (κ1) is 13.4. The molecule has 108 valence electrons. The van der Waals surface area contributed by atoms with Gasteiger partial charge in [0.2, 0.25) is 0 Å². The number of rotatable bonds is 2. The molecule has 2 aliphatic heterocycles. The molecule has 0 aromatic heterocycles. The molecule has 0 spiro atoms. The van der Waals surface area contributed by atoms with E-state index in [0.29, 0.717) is 0 Å². The maximum atomic E-state index is 12.4. The van der Waals surface area contributed by atoms with E-state index in [4.69, 9.17) is 9.47 Å². The lowest BCUT2D eigenvalue weighted by molar-refractivity contribution is -0.140. The van der Waals surface area contributed by atoms with Crippen LogP contribution in [0.4, 0.5) is 0 Å². The van der Waals surface area contributed by atoms with Crippen molar-refractivity contribution >= 4 is 5.91 Å². The van der Waals surface area contributed by atoms with Gasteiger partial charge in [-0.1, -0.05) is 6.07 Å². The van der Waals surface area contributed by atoms with E-state index in [0.717, 1.165) is 51.1 Å². The highest BCUT2D eigenvalue weighted by atomic mass is 16.5. The van der Waals surface area contributed by atoms with E-state index in [1.165, 1.54) is 11.1 Å². The van der Waals surface area contributed by atoms with Crippen molar-refractivity contribution in [2.75, 3.05) is 26.8 Å². The Morgan fingerprint density at radius 1 is 1.30 bits per heavy atom. The molecule has 0 aliphatic carbocycles. The number of hydrogen-bond donors (Lipinski definition) is 0. The molecule has 4 nitrogen and oxygen atoms in total. The smallest absolute Gasteiger partial charge is 0.251 e. The van der Waals surface area contributed by atoms with Gasteiger partial charge in [-0.25, -0.2) is 0 Å². The van der Waals surface area contributed by atoms with Gasteiger partial charge in [-0.05, 0) is 48.9 Å². The summed E-state index contributed by atoms with van der Waals surface area (Å²) in [4.78, 5) is 14.4. The summed E-state index contributed by atoms with van der Waals surface area (Å²) >= 11 is 0. The minimum atomic E-state index is -0.203. The highest BCUT2D eigenvalue weighted by Gasteiger charge is 2.29. The second kappa shape index (κ2) is 5.83. The zero-order chi connectivity index (χ0) is 13.9. The number of ether oxygens (including phenoxy) is 2. The molecule has 0 bridgehead atoms. The van der Waals surface area contributed by atoms with Crippen LogP contribution in [0.2, 0.25) is 0 Å². The SMILES string of the molecule is COc1ccc2c(c1)CCN(C(=O)C1CCCO1)CC2. The highest BCUT2D eigenvalue weighted by molar-refractivity contribution is 5.81. The zero-order valence-corrected chi connectivity index (χ0v) is 11.9. The number of benzene rings is 1. The number of methoxy groups -OCH3 is 1. The Kier molecular flexibility index (Phi) is 3.92. The topological polar surface area (TPSA) is 38.8 Å². The molecule has 0 saturated carbocycles. The quantitative estimate of drug-likeness (QED) is 0.826. The molecular formula is C16H21NO3. The number of carbonyl (C=O) groups excluding carboxylic acids is 1. The molecule has 3 rings (SSSR count). The average Bonchev–Trinajstić information content (AvgIpc) is 2.93. The molecule has 1 aromatic carbocycles. The Balaban J connectivity index is 1.70. The summed E-state index contributed by atoms with van der Waals surface area (Å²) in [7, 11) is 1.69. The molecule has 2 heterocycles. The Labute approximate surface area is 119 Å². The van der Waals surface area contributed by atoms with Crippen molar-refractivity contribution in [1.82, 2.24) is 4.90 Å². The van der Waals surface area contributed by atoms with Crippen molar-refractivity contribution in [2.24, 2.45) is 0 Å². The third-order valence-electron chi connectivity index (χ3n) is 4.23. The monoisotopic (exact) mass is 275 g/mol. The Morgan fingerprint density at radius 2 is 2.10 bits per heavy atom. The van der Waals surface area contributed by atoms with Gasteiger partial charge >= 0.3 is 0 Å². The van der Waals surface area contributed by atoms with E-state index >= 15 is 0 Å². The van der Waals surface area contributed by atoms with E-state index in [1.807, 2.05) is 11.0 Å². The summed E-state index contributed by atoms with van der Waals surface area (Å²) in [5, 5.41) is 0. The predicted octanol–water partition coefficient (Wildman–Crippen LogP) is 1.80. The summed E-state index contributed by atoms with van der Waals surface area (Å²) in [5.41, 5.74) is 2.63. The van der Waals surface area contributed by atoms with Crippen LogP contribution >= 0.6 is 0 Å². The van der Waals surface area contributed by atoms with Gasteiger partial charge < -0.3 is 14.4 Å².